The standard InChI is InChI=1S/C13H16ClF2NO2S/c1-2-9-5-6-17(8-9)20(18,19)12-4-3-11(15)10(7-14)13(12)16/h3-4,9H,2,5-8H2,1H3. The van der Waals surface area contributed by atoms with Crippen LogP contribution in [-0.2, 0) is 15.9 Å². The van der Waals surface area contributed by atoms with Gasteiger partial charge in [-0.1, -0.05) is 13.3 Å². The topological polar surface area (TPSA) is 37.4 Å². The van der Waals surface area contributed by atoms with Crippen LogP contribution in [-0.4, -0.2) is 25.8 Å². The number of hydrogen-bond donors (Lipinski definition) is 0. The van der Waals surface area contributed by atoms with Gasteiger partial charge in [-0.15, -0.1) is 11.6 Å². The van der Waals surface area contributed by atoms with Crippen LogP contribution in [0, 0.1) is 17.6 Å². The molecule has 1 aliphatic heterocycles. The van der Waals surface area contributed by atoms with Crippen molar-refractivity contribution in [3.05, 3.63) is 29.3 Å². The number of rotatable bonds is 4. The SMILES string of the molecule is CCC1CCN(S(=O)(=O)c2ccc(F)c(CCl)c2F)C1. The number of alkyl halides is 1. The first kappa shape index (κ1) is 15.7. The molecule has 0 aromatic heterocycles. The molecule has 1 aromatic rings. The number of halogens is 3. The van der Waals surface area contributed by atoms with E-state index in [4.69, 9.17) is 11.6 Å². The number of sulfonamides is 1. The average molecular weight is 324 g/mol. The first-order chi connectivity index (χ1) is 9.41. The van der Waals surface area contributed by atoms with Crippen molar-refractivity contribution in [2.75, 3.05) is 13.1 Å². The maximum Gasteiger partial charge on any atom is 0.246 e. The van der Waals surface area contributed by atoms with E-state index in [2.05, 4.69) is 0 Å². The molecule has 0 saturated carbocycles. The molecule has 3 nitrogen and oxygen atoms in total. The Hall–Kier alpha value is -0.720. The molecule has 0 bridgehead atoms. The summed E-state index contributed by atoms with van der Waals surface area (Å²) in [4.78, 5) is -0.494. The highest BCUT2D eigenvalue weighted by molar-refractivity contribution is 7.89. The van der Waals surface area contributed by atoms with Gasteiger partial charge in [-0.3, -0.25) is 0 Å². The summed E-state index contributed by atoms with van der Waals surface area (Å²) in [6.45, 7) is 2.74. The van der Waals surface area contributed by atoms with E-state index in [9.17, 15) is 17.2 Å². The molecule has 0 spiro atoms. The fourth-order valence-electron chi connectivity index (χ4n) is 2.39. The van der Waals surface area contributed by atoms with Crippen molar-refractivity contribution in [2.24, 2.45) is 5.92 Å². The van der Waals surface area contributed by atoms with E-state index in [1.165, 1.54) is 4.31 Å². The third-order valence-corrected chi connectivity index (χ3v) is 5.88. The highest BCUT2D eigenvalue weighted by Gasteiger charge is 2.34. The number of nitrogens with zero attached hydrogens (tertiary/aromatic N) is 1. The van der Waals surface area contributed by atoms with Crippen LogP contribution >= 0.6 is 11.6 Å². The lowest BCUT2D eigenvalue weighted by molar-refractivity contribution is 0.446. The number of benzene rings is 1. The normalized spacial score (nSPS) is 20.5. The zero-order valence-corrected chi connectivity index (χ0v) is 12.6. The zero-order valence-electron chi connectivity index (χ0n) is 11.1. The first-order valence-electron chi connectivity index (χ1n) is 6.44. The van der Waals surface area contributed by atoms with Crippen LogP contribution in [0.4, 0.5) is 8.78 Å². The summed E-state index contributed by atoms with van der Waals surface area (Å²) in [7, 11) is -3.93. The van der Waals surface area contributed by atoms with Crippen molar-refractivity contribution in [1.82, 2.24) is 4.31 Å². The van der Waals surface area contributed by atoms with Crippen LogP contribution in [0.3, 0.4) is 0 Å². The van der Waals surface area contributed by atoms with Gasteiger partial charge in [0.25, 0.3) is 0 Å². The Kier molecular flexibility index (Phi) is 4.66. The molecule has 0 N–H and O–H groups in total. The van der Waals surface area contributed by atoms with Crippen molar-refractivity contribution < 1.29 is 17.2 Å². The second-order valence-electron chi connectivity index (χ2n) is 4.90. The molecule has 1 heterocycles. The summed E-state index contributed by atoms with van der Waals surface area (Å²) >= 11 is 5.48. The van der Waals surface area contributed by atoms with Gasteiger partial charge in [-0.05, 0) is 24.5 Å². The quantitative estimate of drug-likeness (QED) is 0.798. The Labute approximate surface area is 122 Å². The molecule has 20 heavy (non-hydrogen) atoms. The predicted molar refractivity (Wildman–Crippen MR) is 73.1 cm³/mol. The molecule has 2 rings (SSSR count). The zero-order chi connectivity index (χ0) is 14.9. The van der Waals surface area contributed by atoms with Crippen molar-refractivity contribution in [2.45, 2.75) is 30.5 Å². The molecule has 1 atom stereocenters. The van der Waals surface area contributed by atoms with Crippen molar-refractivity contribution in [3.63, 3.8) is 0 Å². The Bertz CT molecular complexity index is 607. The summed E-state index contributed by atoms with van der Waals surface area (Å²) in [5.74, 6) is -2.02. The van der Waals surface area contributed by atoms with Gasteiger partial charge in [0.05, 0.1) is 5.88 Å². The maximum atomic E-state index is 14.1. The molecular weight excluding hydrogens is 308 g/mol. The van der Waals surface area contributed by atoms with Gasteiger partial charge in [-0.2, -0.15) is 4.31 Å². The average Bonchev–Trinajstić information content (AvgIpc) is 2.88. The molecule has 0 aliphatic carbocycles. The monoisotopic (exact) mass is 323 g/mol. The van der Waals surface area contributed by atoms with Crippen LogP contribution in [0.25, 0.3) is 0 Å². The molecule has 112 valence electrons. The summed E-state index contributed by atoms with van der Waals surface area (Å²) < 4.78 is 53.6. The predicted octanol–water partition coefficient (Wildman–Crippen LogP) is 3.12. The Morgan fingerprint density at radius 1 is 1.40 bits per heavy atom. The molecule has 0 radical (unpaired) electrons. The molecule has 1 fully saturated rings. The van der Waals surface area contributed by atoms with Crippen LogP contribution in [0.2, 0.25) is 0 Å². The largest absolute Gasteiger partial charge is 0.246 e. The van der Waals surface area contributed by atoms with E-state index >= 15 is 0 Å². The molecule has 0 amide bonds. The summed E-state index contributed by atoms with van der Waals surface area (Å²) in [5.41, 5.74) is -0.404. The summed E-state index contributed by atoms with van der Waals surface area (Å²) in [6, 6.07) is 1.91. The highest BCUT2D eigenvalue weighted by Crippen LogP contribution is 2.29. The van der Waals surface area contributed by atoms with Crippen molar-refractivity contribution in [3.8, 4) is 0 Å². The van der Waals surface area contributed by atoms with Crippen LogP contribution < -0.4 is 0 Å². The lowest BCUT2D eigenvalue weighted by Crippen LogP contribution is -2.29. The van der Waals surface area contributed by atoms with Gasteiger partial charge in [0.2, 0.25) is 10.0 Å². The van der Waals surface area contributed by atoms with Crippen LogP contribution in [0.5, 0.6) is 0 Å². The molecule has 1 saturated heterocycles. The Morgan fingerprint density at radius 3 is 2.65 bits per heavy atom. The van der Waals surface area contributed by atoms with Crippen LogP contribution in [0.15, 0.2) is 17.0 Å². The van der Waals surface area contributed by atoms with E-state index < -0.39 is 38.0 Å². The molecular formula is C13H16ClF2NO2S. The van der Waals surface area contributed by atoms with E-state index in [-0.39, 0.29) is 0 Å². The minimum Gasteiger partial charge on any atom is -0.207 e. The summed E-state index contributed by atoms with van der Waals surface area (Å²) in [6.07, 6.45) is 1.64. The van der Waals surface area contributed by atoms with Gasteiger partial charge in [0.1, 0.15) is 10.7 Å². The van der Waals surface area contributed by atoms with Crippen molar-refractivity contribution >= 4 is 21.6 Å². The van der Waals surface area contributed by atoms with Crippen LogP contribution in [0.1, 0.15) is 25.3 Å². The van der Waals surface area contributed by atoms with Crippen molar-refractivity contribution in [1.29, 1.82) is 0 Å². The fraction of sp³-hybridized carbons (Fsp3) is 0.538. The first-order valence-corrected chi connectivity index (χ1v) is 8.42. The highest BCUT2D eigenvalue weighted by atomic mass is 35.5. The minimum atomic E-state index is -3.93. The van der Waals surface area contributed by atoms with E-state index in [1.807, 2.05) is 6.92 Å². The van der Waals surface area contributed by atoms with E-state index in [0.717, 1.165) is 25.0 Å². The number of hydrogen-bond acceptors (Lipinski definition) is 2. The second-order valence-corrected chi connectivity index (χ2v) is 7.07. The molecule has 1 aliphatic rings. The van der Waals surface area contributed by atoms with E-state index in [1.54, 1.807) is 0 Å². The van der Waals surface area contributed by atoms with Gasteiger partial charge < -0.3 is 0 Å². The summed E-state index contributed by atoms with van der Waals surface area (Å²) in [5, 5.41) is 0. The molecule has 1 aromatic carbocycles. The minimum absolute atomic E-state index is 0.292. The fourth-order valence-corrected chi connectivity index (χ4v) is 4.25. The van der Waals surface area contributed by atoms with Gasteiger partial charge in [-0.25, -0.2) is 17.2 Å². The second kappa shape index (κ2) is 5.95. The smallest absolute Gasteiger partial charge is 0.207 e. The molecule has 7 heteroatoms. The third-order valence-electron chi connectivity index (χ3n) is 3.73. The lowest BCUT2D eigenvalue weighted by Gasteiger charge is -2.17. The van der Waals surface area contributed by atoms with Gasteiger partial charge in [0.15, 0.2) is 5.82 Å². The van der Waals surface area contributed by atoms with Gasteiger partial charge in [0, 0.05) is 18.7 Å². The van der Waals surface area contributed by atoms with Gasteiger partial charge >= 0.3 is 0 Å². The lowest BCUT2D eigenvalue weighted by atomic mass is 10.1. The maximum absolute atomic E-state index is 14.1. The third kappa shape index (κ3) is 2.69. The Balaban J connectivity index is 2.41. The Morgan fingerprint density at radius 2 is 2.10 bits per heavy atom. The molecule has 1 unspecified atom stereocenters. The van der Waals surface area contributed by atoms with E-state index in [0.29, 0.717) is 19.0 Å².